The molecule has 8 aromatic rings. The number of esters is 1. The zero-order chi connectivity index (χ0) is 56.4. The molecule has 402 valence electrons. The van der Waals surface area contributed by atoms with E-state index in [-0.39, 0.29) is 96.1 Å². The lowest BCUT2D eigenvalue weighted by Gasteiger charge is -2.34. The average Bonchev–Trinajstić information content (AvgIpc) is 4.05. The number of amides is 2. The number of nitrogens with one attached hydrogen (secondary N) is 4. The Kier molecular flexibility index (Phi) is 14.7. The quantitative estimate of drug-likeness (QED) is 0.0375. The number of halogens is 2. The molecule has 10 rings (SSSR count). The number of carbonyl (C=O) groups is 6. The van der Waals surface area contributed by atoms with Crippen molar-refractivity contribution in [2.24, 2.45) is 9.98 Å². The molecule has 0 saturated carbocycles. The molecule has 7 N–H and O–H groups in total. The number of guanidine groups is 2. The zero-order valence-corrected chi connectivity index (χ0v) is 43.1. The highest BCUT2D eigenvalue weighted by Crippen LogP contribution is 2.39. The van der Waals surface area contributed by atoms with Gasteiger partial charge in [0, 0.05) is 51.0 Å². The number of hydrogen-bond donors (Lipinski definition) is 7. The Balaban J connectivity index is 0.874. The molecule has 0 bridgehead atoms. The molecule has 2 aliphatic rings. The standard InChI is InChI=1S/C54H40Cl2N12O12/c1-26-43(45(31-9-3-5-11-33(31)55)64-51(59-26)68(25-42(71)72)54-61-35-13-7-8-14-37(35)80-54)47(73)62-40-22-29(18-20-58-40)50(77)78-30-15-16-36-38(23-30)79-53(60-36)66-52-65-46(32-10-4-6-12-34(32)56)44(27(2)67(52)24-41(69)70)48(74)63-39-21-28(49(75)76)17-19-57-39/h3-23,45-46H,24-25H2,1-2H3,(H,59,64)(H,69,70)(H,71,72)(H,75,76)(H,57,63,74)(H,58,62,73)(H,60,65,66). The number of nitrogens with zero attached hydrogens (tertiary/aromatic N) is 8. The second-order valence-electron chi connectivity index (χ2n) is 17.6. The Morgan fingerprint density at radius 2 is 1.30 bits per heavy atom. The molecule has 2 amide bonds. The molecule has 0 saturated heterocycles. The van der Waals surface area contributed by atoms with Crippen molar-refractivity contribution >= 4 is 117 Å². The highest BCUT2D eigenvalue weighted by Gasteiger charge is 2.37. The Labute approximate surface area is 460 Å². The summed E-state index contributed by atoms with van der Waals surface area (Å²) in [7, 11) is 0. The van der Waals surface area contributed by atoms with Crippen LogP contribution in [0.3, 0.4) is 0 Å². The van der Waals surface area contributed by atoms with Crippen LogP contribution in [0.25, 0.3) is 22.2 Å². The minimum absolute atomic E-state index is 0.00838. The van der Waals surface area contributed by atoms with Gasteiger partial charge in [0.05, 0.1) is 22.3 Å². The van der Waals surface area contributed by atoms with E-state index in [2.05, 4.69) is 41.2 Å². The number of anilines is 4. The Morgan fingerprint density at radius 1 is 0.688 bits per heavy atom. The summed E-state index contributed by atoms with van der Waals surface area (Å²) >= 11 is 13.4. The predicted molar refractivity (Wildman–Crippen MR) is 290 cm³/mol. The number of benzene rings is 4. The molecular weight excluding hydrogens is 1080 g/mol. The van der Waals surface area contributed by atoms with Crippen LogP contribution in [0.2, 0.25) is 10.0 Å². The summed E-state index contributed by atoms with van der Waals surface area (Å²) in [6.07, 6.45) is 2.50. The van der Waals surface area contributed by atoms with Crippen LogP contribution in [-0.2, 0) is 19.2 Å². The van der Waals surface area contributed by atoms with Gasteiger partial charge in [-0.2, -0.15) is 9.97 Å². The second kappa shape index (κ2) is 22.3. The zero-order valence-electron chi connectivity index (χ0n) is 41.5. The van der Waals surface area contributed by atoms with Crippen LogP contribution in [0.1, 0.15) is 57.8 Å². The number of aliphatic imine (C=N–C) groups is 2. The topological polar surface area (TPSA) is 329 Å². The van der Waals surface area contributed by atoms with Crippen LogP contribution in [-0.4, -0.2) is 101 Å². The minimum Gasteiger partial charge on any atom is -0.480 e. The molecule has 6 heterocycles. The van der Waals surface area contributed by atoms with E-state index in [9.17, 15) is 44.1 Å². The summed E-state index contributed by atoms with van der Waals surface area (Å²) in [6.45, 7) is 1.80. The fourth-order valence-corrected chi connectivity index (χ4v) is 9.14. The van der Waals surface area contributed by atoms with Gasteiger partial charge in [0.2, 0.25) is 11.9 Å². The molecule has 80 heavy (non-hydrogen) atoms. The summed E-state index contributed by atoms with van der Waals surface area (Å²) in [5.74, 6) is -6.26. The normalized spacial score (nSPS) is 15.2. The predicted octanol–water partition coefficient (Wildman–Crippen LogP) is 8.31. The van der Waals surface area contributed by atoms with Gasteiger partial charge in [-0.25, -0.2) is 29.5 Å². The maximum absolute atomic E-state index is 14.3. The van der Waals surface area contributed by atoms with Crippen molar-refractivity contribution in [1.82, 2.24) is 30.2 Å². The Morgan fingerprint density at radius 3 is 1.95 bits per heavy atom. The molecule has 24 nitrogen and oxygen atoms in total. The third-order valence-corrected chi connectivity index (χ3v) is 13.0. The fourth-order valence-electron chi connectivity index (χ4n) is 8.66. The lowest BCUT2D eigenvalue weighted by Crippen LogP contribution is -2.47. The van der Waals surface area contributed by atoms with Crippen LogP contribution < -0.4 is 30.9 Å². The number of rotatable bonds is 15. The fraction of sp³-hybridized carbons (Fsp3) is 0.111. The van der Waals surface area contributed by atoms with Gasteiger partial charge in [-0.3, -0.25) is 29.4 Å². The summed E-state index contributed by atoms with van der Waals surface area (Å²) in [4.78, 5) is 108. The van der Waals surface area contributed by atoms with E-state index in [4.69, 9.17) is 46.8 Å². The van der Waals surface area contributed by atoms with Gasteiger partial charge in [0.15, 0.2) is 11.2 Å². The number of ether oxygens (including phenoxy) is 1. The van der Waals surface area contributed by atoms with Gasteiger partial charge < -0.3 is 49.7 Å². The summed E-state index contributed by atoms with van der Waals surface area (Å²) < 4.78 is 17.7. The largest absolute Gasteiger partial charge is 0.480 e. The van der Waals surface area contributed by atoms with E-state index in [1.165, 1.54) is 71.6 Å². The number of pyridine rings is 2. The molecule has 2 atom stereocenters. The SMILES string of the molecule is CC1=C(C(=O)Nc2cc(C(=O)Oc3ccc4nc(NC5=NC(c6ccccc6Cl)C(C(=O)Nc6cc(C(=O)O)ccn6)=C(C)N5CC(=O)O)oc4c3)ccn2)C(c2ccccc2Cl)N=C(N(CC(=O)O)c2nc3ccccc3o2)N1. The Bertz CT molecular complexity index is 3970. The molecule has 2 unspecified atom stereocenters. The third kappa shape index (κ3) is 11.2. The molecule has 4 aromatic heterocycles. The summed E-state index contributed by atoms with van der Waals surface area (Å²) in [5.41, 5.74) is 2.39. The van der Waals surface area contributed by atoms with E-state index in [1.807, 2.05) is 0 Å². The van der Waals surface area contributed by atoms with Crippen molar-refractivity contribution in [3.05, 3.63) is 182 Å². The van der Waals surface area contributed by atoms with Gasteiger partial charge in [0.25, 0.3) is 11.8 Å². The molecule has 26 heteroatoms. The van der Waals surface area contributed by atoms with Crippen molar-refractivity contribution in [3.8, 4) is 5.75 Å². The van der Waals surface area contributed by atoms with Gasteiger partial charge in [-0.1, -0.05) is 71.7 Å². The number of carboxylic acid groups (broad SMARTS) is 3. The average molecular weight is 1120 g/mol. The van der Waals surface area contributed by atoms with Crippen molar-refractivity contribution in [2.45, 2.75) is 25.9 Å². The monoisotopic (exact) mass is 1120 g/mol. The van der Waals surface area contributed by atoms with Gasteiger partial charge >= 0.3 is 35.9 Å². The molecule has 0 radical (unpaired) electrons. The first-order valence-corrected chi connectivity index (χ1v) is 24.6. The first-order chi connectivity index (χ1) is 38.5. The molecule has 0 fully saturated rings. The van der Waals surface area contributed by atoms with Crippen molar-refractivity contribution in [3.63, 3.8) is 0 Å². The lowest BCUT2D eigenvalue weighted by molar-refractivity contribution is -0.137. The number of hydrogen-bond acceptors (Lipinski definition) is 19. The minimum atomic E-state index is -1.29. The highest BCUT2D eigenvalue weighted by atomic mass is 35.5. The maximum atomic E-state index is 14.3. The molecule has 0 aliphatic carbocycles. The number of aliphatic carboxylic acids is 2. The van der Waals surface area contributed by atoms with Gasteiger partial charge in [-0.05, 0) is 74.5 Å². The lowest BCUT2D eigenvalue weighted by atomic mass is 9.95. The molecule has 4 aromatic carbocycles. The molecular formula is C54H40Cl2N12O12. The maximum Gasteiger partial charge on any atom is 0.343 e. The van der Waals surface area contributed by atoms with Crippen LogP contribution in [0.15, 0.2) is 169 Å². The van der Waals surface area contributed by atoms with Crippen molar-refractivity contribution in [2.75, 3.05) is 33.9 Å². The number of oxazole rings is 2. The van der Waals surface area contributed by atoms with Crippen LogP contribution in [0.5, 0.6) is 5.75 Å². The van der Waals surface area contributed by atoms with Crippen molar-refractivity contribution < 1.29 is 57.7 Å². The van der Waals surface area contributed by atoms with E-state index >= 15 is 0 Å². The first-order valence-electron chi connectivity index (χ1n) is 23.8. The van der Waals surface area contributed by atoms with Crippen LogP contribution >= 0.6 is 23.2 Å². The third-order valence-electron chi connectivity index (χ3n) is 12.3. The molecule has 2 aliphatic heterocycles. The summed E-state index contributed by atoms with van der Waals surface area (Å²) in [6, 6.07) is 27.1. The number of para-hydroxylation sites is 2. The van der Waals surface area contributed by atoms with Crippen LogP contribution in [0.4, 0.5) is 23.7 Å². The van der Waals surface area contributed by atoms with E-state index in [1.54, 1.807) is 79.7 Å². The van der Waals surface area contributed by atoms with Crippen LogP contribution in [0, 0.1) is 0 Å². The smallest absolute Gasteiger partial charge is 0.343 e. The number of fused-ring (bicyclic) bond motifs is 2. The van der Waals surface area contributed by atoms with E-state index in [0.29, 0.717) is 22.2 Å². The van der Waals surface area contributed by atoms with Gasteiger partial charge in [0.1, 0.15) is 53.6 Å². The summed E-state index contributed by atoms with van der Waals surface area (Å²) in [5, 5.41) is 41.3. The second-order valence-corrected chi connectivity index (χ2v) is 18.4. The number of aromatic nitrogens is 4. The Hall–Kier alpha value is -10.5. The van der Waals surface area contributed by atoms with E-state index in [0.717, 1.165) is 0 Å². The van der Waals surface area contributed by atoms with Gasteiger partial charge in [-0.15, -0.1) is 0 Å². The van der Waals surface area contributed by atoms with Crippen molar-refractivity contribution in [1.29, 1.82) is 0 Å². The number of carbonyl (C=O) groups excluding carboxylic acids is 3. The van der Waals surface area contributed by atoms with E-state index < -0.39 is 60.9 Å². The molecule has 0 spiro atoms. The first kappa shape index (κ1) is 53.0. The number of aromatic carboxylic acids is 1. The number of allylic oxidation sites excluding steroid dienone is 2. The highest BCUT2D eigenvalue weighted by molar-refractivity contribution is 6.32. The number of carboxylic acids is 3.